The highest BCUT2D eigenvalue weighted by atomic mass is 32.2. The third-order valence-electron chi connectivity index (χ3n) is 1.50. The largest absolute Gasteiger partial charge is 0.417 e. The summed E-state index contributed by atoms with van der Waals surface area (Å²) >= 11 is -2.67. The number of rotatable bonds is 1. The zero-order valence-electron chi connectivity index (χ0n) is 6.71. The second-order valence-corrected chi connectivity index (χ2v) is 3.44. The second kappa shape index (κ2) is 3.58. The van der Waals surface area contributed by atoms with Crippen LogP contribution in [-0.4, -0.2) is 8.76 Å². The Bertz CT molecular complexity index is 378. The van der Waals surface area contributed by atoms with Crippen molar-refractivity contribution in [1.82, 2.24) is 0 Å². The third-order valence-corrected chi connectivity index (χ3v) is 2.23. The molecule has 1 atom stereocenters. The van der Waals surface area contributed by atoms with Gasteiger partial charge in [-0.15, -0.1) is 0 Å². The number of hydrogen-bond donors (Lipinski definition) is 2. The quantitative estimate of drug-likeness (QED) is 0.566. The highest BCUT2D eigenvalue weighted by Crippen LogP contribution is 2.34. The SMILES string of the molecule is Nc1ccc(S(=O)O)c(C(F)(F)F)c1. The summed E-state index contributed by atoms with van der Waals surface area (Å²) < 4.78 is 56.0. The minimum atomic E-state index is -4.68. The summed E-state index contributed by atoms with van der Waals surface area (Å²) in [7, 11) is 0. The van der Waals surface area contributed by atoms with E-state index in [0.717, 1.165) is 12.1 Å². The Hall–Kier alpha value is -1.08. The molecule has 0 aliphatic rings. The van der Waals surface area contributed by atoms with Crippen molar-refractivity contribution in [2.45, 2.75) is 11.1 Å². The average Bonchev–Trinajstić information content (AvgIpc) is 2.01. The Morgan fingerprint density at radius 1 is 1.36 bits per heavy atom. The van der Waals surface area contributed by atoms with Crippen LogP contribution >= 0.6 is 0 Å². The summed E-state index contributed by atoms with van der Waals surface area (Å²) in [6, 6.07) is 2.65. The Labute approximate surface area is 80.0 Å². The molecule has 78 valence electrons. The van der Waals surface area contributed by atoms with Gasteiger partial charge in [-0.2, -0.15) is 13.2 Å². The first-order valence-corrected chi connectivity index (χ1v) is 4.50. The highest BCUT2D eigenvalue weighted by molar-refractivity contribution is 7.79. The molecule has 0 amide bonds. The van der Waals surface area contributed by atoms with E-state index in [1.54, 1.807) is 0 Å². The van der Waals surface area contributed by atoms with Gasteiger partial charge in [0.15, 0.2) is 11.1 Å². The van der Waals surface area contributed by atoms with E-state index < -0.39 is 27.7 Å². The van der Waals surface area contributed by atoms with Crippen molar-refractivity contribution in [1.29, 1.82) is 0 Å². The summed E-state index contributed by atoms with van der Waals surface area (Å²) in [6.45, 7) is 0. The second-order valence-electron chi connectivity index (χ2n) is 2.50. The molecule has 3 N–H and O–H groups in total. The van der Waals surface area contributed by atoms with E-state index in [9.17, 15) is 17.4 Å². The molecule has 0 radical (unpaired) electrons. The van der Waals surface area contributed by atoms with Gasteiger partial charge in [-0.3, -0.25) is 0 Å². The smallest absolute Gasteiger partial charge is 0.399 e. The van der Waals surface area contributed by atoms with Gasteiger partial charge in [0.25, 0.3) is 0 Å². The first-order valence-electron chi connectivity index (χ1n) is 3.40. The molecule has 0 fully saturated rings. The molecule has 0 bridgehead atoms. The molecule has 0 aromatic heterocycles. The van der Waals surface area contributed by atoms with Gasteiger partial charge in [0.1, 0.15) is 0 Å². The molecular weight excluding hydrogens is 219 g/mol. The maximum absolute atomic E-state index is 12.3. The normalized spacial score (nSPS) is 14.0. The van der Waals surface area contributed by atoms with E-state index in [4.69, 9.17) is 10.3 Å². The lowest BCUT2D eigenvalue weighted by atomic mass is 10.2. The zero-order valence-corrected chi connectivity index (χ0v) is 7.52. The van der Waals surface area contributed by atoms with Gasteiger partial charge in [0.2, 0.25) is 0 Å². The van der Waals surface area contributed by atoms with Crippen molar-refractivity contribution in [3.8, 4) is 0 Å². The molecule has 0 heterocycles. The van der Waals surface area contributed by atoms with Crippen LogP contribution in [0.4, 0.5) is 18.9 Å². The number of hydrogen-bond acceptors (Lipinski definition) is 2. The monoisotopic (exact) mass is 225 g/mol. The van der Waals surface area contributed by atoms with Gasteiger partial charge in [-0.1, -0.05) is 0 Å². The number of nitrogens with two attached hydrogens (primary N) is 1. The Kier molecular flexibility index (Phi) is 2.81. The summed E-state index contributed by atoms with van der Waals surface area (Å²) in [4.78, 5) is -0.688. The van der Waals surface area contributed by atoms with E-state index >= 15 is 0 Å². The van der Waals surface area contributed by atoms with Gasteiger partial charge < -0.3 is 10.3 Å². The molecule has 0 aliphatic carbocycles. The summed E-state index contributed by atoms with van der Waals surface area (Å²) in [6.07, 6.45) is -4.68. The number of alkyl halides is 3. The first-order chi connectivity index (χ1) is 6.32. The lowest BCUT2D eigenvalue weighted by molar-refractivity contribution is -0.139. The molecule has 1 aromatic rings. The van der Waals surface area contributed by atoms with Crippen LogP contribution in [0.1, 0.15) is 5.56 Å². The van der Waals surface area contributed by atoms with Crippen molar-refractivity contribution in [2.24, 2.45) is 0 Å². The molecule has 0 aliphatic heterocycles. The Morgan fingerprint density at radius 3 is 2.36 bits per heavy atom. The minimum absolute atomic E-state index is 0.105. The van der Waals surface area contributed by atoms with Gasteiger partial charge >= 0.3 is 6.18 Å². The van der Waals surface area contributed by atoms with Gasteiger partial charge in [-0.05, 0) is 18.2 Å². The molecule has 3 nitrogen and oxygen atoms in total. The highest BCUT2D eigenvalue weighted by Gasteiger charge is 2.35. The standard InChI is InChI=1S/C7H6F3NO2S/c8-7(9,10)5-3-4(11)1-2-6(5)14(12)13/h1-3H,11H2,(H,12,13). The van der Waals surface area contributed by atoms with Crippen LogP contribution in [-0.2, 0) is 17.3 Å². The van der Waals surface area contributed by atoms with Gasteiger partial charge in [0, 0.05) is 5.69 Å². The molecule has 1 aromatic carbocycles. The topological polar surface area (TPSA) is 63.3 Å². The van der Waals surface area contributed by atoms with Crippen LogP contribution in [0.3, 0.4) is 0 Å². The summed E-state index contributed by atoms with van der Waals surface area (Å²) in [5, 5.41) is 0. The number of benzene rings is 1. The fraction of sp³-hybridized carbons (Fsp3) is 0.143. The predicted octanol–water partition coefficient (Wildman–Crippen LogP) is 1.87. The van der Waals surface area contributed by atoms with Crippen LogP contribution in [0, 0.1) is 0 Å². The fourth-order valence-electron chi connectivity index (χ4n) is 0.921. The van der Waals surface area contributed by atoms with Crippen molar-refractivity contribution in [2.75, 3.05) is 5.73 Å². The van der Waals surface area contributed by atoms with Crippen molar-refractivity contribution in [3.63, 3.8) is 0 Å². The molecule has 7 heteroatoms. The van der Waals surface area contributed by atoms with Gasteiger partial charge in [-0.25, -0.2) is 4.21 Å². The lowest BCUT2D eigenvalue weighted by Crippen LogP contribution is -2.10. The molecule has 0 saturated heterocycles. The molecule has 0 spiro atoms. The third kappa shape index (κ3) is 2.24. The van der Waals surface area contributed by atoms with Crippen LogP contribution in [0.2, 0.25) is 0 Å². The summed E-state index contributed by atoms with van der Waals surface area (Å²) in [5.41, 5.74) is 3.86. The van der Waals surface area contributed by atoms with Crippen molar-refractivity contribution < 1.29 is 21.9 Å². The van der Waals surface area contributed by atoms with E-state index in [-0.39, 0.29) is 5.69 Å². The van der Waals surface area contributed by atoms with Crippen molar-refractivity contribution in [3.05, 3.63) is 23.8 Å². The number of anilines is 1. The lowest BCUT2D eigenvalue weighted by Gasteiger charge is -2.10. The predicted molar refractivity (Wildman–Crippen MR) is 44.9 cm³/mol. The molecular formula is C7H6F3NO2S. The van der Waals surface area contributed by atoms with Crippen LogP contribution in [0.5, 0.6) is 0 Å². The molecule has 14 heavy (non-hydrogen) atoms. The van der Waals surface area contributed by atoms with E-state index in [1.165, 1.54) is 0 Å². The summed E-state index contributed by atoms with van der Waals surface area (Å²) in [5.74, 6) is 0. The molecule has 1 unspecified atom stereocenters. The number of halogens is 3. The Morgan fingerprint density at radius 2 is 1.93 bits per heavy atom. The van der Waals surface area contributed by atoms with Crippen LogP contribution < -0.4 is 5.73 Å². The van der Waals surface area contributed by atoms with E-state index in [2.05, 4.69) is 0 Å². The first kappa shape index (κ1) is 11.0. The number of nitrogen functional groups attached to an aromatic ring is 1. The van der Waals surface area contributed by atoms with Crippen LogP contribution in [0.15, 0.2) is 23.1 Å². The Balaban J connectivity index is 3.38. The van der Waals surface area contributed by atoms with E-state index in [0.29, 0.717) is 6.07 Å². The minimum Gasteiger partial charge on any atom is -0.399 e. The van der Waals surface area contributed by atoms with E-state index in [1.807, 2.05) is 0 Å². The van der Waals surface area contributed by atoms with Crippen molar-refractivity contribution >= 4 is 16.8 Å². The van der Waals surface area contributed by atoms with Gasteiger partial charge in [0.05, 0.1) is 10.5 Å². The molecule has 0 saturated carbocycles. The molecule has 1 rings (SSSR count). The van der Waals surface area contributed by atoms with Crippen LogP contribution in [0.25, 0.3) is 0 Å². The average molecular weight is 225 g/mol. The zero-order chi connectivity index (χ0) is 10.9. The fourth-order valence-corrected chi connectivity index (χ4v) is 1.47. The maximum atomic E-state index is 12.3. The maximum Gasteiger partial charge on any atom is 0.417 e.